The molecular weight excluding hydrogens is 214 g/mol. The van der Waals surface area contributed by atoms with Crippen LogP contribution in [0.15, 0.2) is 24.3 Å². The summed E-state index contributed by atoms with van der Waals surface area (Å²) in [7, 11) is 1.71. The molecule has 0 aromatic heterocycles. The molecule has 3 heteroatoms. The normalized spacial score (nSPS) is 10.5. The van der Waals surface area contributed by atoms with Crippen molar-refractivity contribution in [3.05, 3.63) is 29.8 Å². The van der Waals surface area contributed by atoms with Gasteiger partial charge < -0.3 is 14.8 Å². The summed E-state index contributed by atoms with van der Waals surface area (Å²) in [5.74, 6) is 0.979. The van der Waals surface area contributed by atoms with Gasteiger partial charge in [0.1, 0.15) is 5.75 Å². The van der Waals surface area contributed by atoms with Crippen molar-refractivity contribution in [1.82, 2.24) is 5.32 Å². The number of hydrogen-bond acceptors (Lipinski definition) is 3. The van der Waals surface area contributed by atoms with Crippen LogP contribution in [0.2, 0.25) is 0 Å². The van der Waals surface area contributed by atoms with Gasteiger partial charge in [0.2, 0.25) is 0 Å². The van der Waals surface area contributed by atoms with E-state index in [9.17, 15) is 0 Å². The predicted octanol–water partition coefficient (Wildman–Crippen LogP) is 2.60. The highest BCUT2D eigenvalue weighted by molar-refractivity contribution is 5.33. The average Bonchev–Trinajstić information content (AvgIpc) is 2.36. The Bertz CT molecular complexity index is 302. The highest BCUT2D eigenvalue weighted by atomic mass is 16.5. The first-order chi connectivity index (χ1) is 8.38. The molecule has 17 heavy (non-hydrogen) atoms. The Morgan fingerprint density at radius 1 is 1.18 bits per heavy atom. The topological polar surface area (TPSA) is 30.5 Å². The molecule has 0 saturated carbocycles. The number of methoxy groups -OCH3 is 1. The molecule has 0 heterocycles. The van der Waals surface area contributed by atoms with Gasteiger partial charge in [-0.1, -0.05) is 25.1 Å². The molecule has 0 aliphatic carbocycles. The van der Waals surface area contributed by atoms with E-state index in [1.807, 2.05) is 18.2 Å². The molecule has 1 aromatic carbocycles. The van der Waals surface area contributed by atoms with Crippen molar-refractivity contribution in [3.63, 3.8) is 0 Å². The van der Waals surface area contributed by atoms with E-state index < -0.39 is 0 Å². The summed E-state index contributed by atoms with van der Waals surface area (Å²) in [6.45, 7) is 5.53. The maximum absolute atomic E-state index is 5.75. The molecule has 0 unspecified atom stereocenters. The molecule has 0 atom stereocenters. The smallest absolute Gasteiger partial charge is 0.123 e. The number of benzene rings is 1. The molecule has 0 bridgehead atoms. The maximum Gasteiger partial charge on any atom is 0.123 e. The highest BCUT2D eigenvalue weighted by Gasteiger charge is 2.01. The largest absolute Gasteiger partial charge is 0.493 e. The van der Waals surface area contributed by atoms with Gasteiger partial charge >= 0.3 is 0 Å². The maximum atomic E-state index is 5.75. The van der Waals surface area contributed by atoms with Gasteiger partial charge in [-0.25, -0.2) is 0 Å². The fraction of sp³-hybridized carbons (Fsp3) is 0.571. The number of rotatable bonds is 9. The summed E-state index contributed by atoms with van der Waals surface area (Å²) in [5, 5.41) is 3.39. The van der Waals surface area contributed by atoms with E-state index in [2.05, 4.69) is 18.3 Å². The zero-order valence-electron chi connectivity index (χ0n) is 10.9. The fourth-order valence-corrected chi connectivity index (χ4v) is 1.58. The Labute approximate surface area is 104 Å². The van der Waals surface area contributed by atoms with E-state index in [1.165, 1.54) is 5.56 Å². The summed E-state index contributed by atoms with van der Waals surface area (Å²) in [5.41, 5.74) is 1.22. The second-order valence-corrected chi connectivity index (χ2v) is 3.98. The van der Waals surface area contributed by atoms with Crippen LogP contribution in [0.4, 0.5) is 0 Å². The van der Waals surface area contributed by atoms with Crippen LogP contribution in [-0.4, -0.2) is 26.9 Å². The van der Waals surface area contributed by atoms with E-state index in [-0.39, 0.29) is 0 Å². The Balaban J connectivity index is 2.40. The lowest BCUT2D eigenvalue weighted by atomic mass is 10.2. The molecule has 96 valence electrons. The molecular formula is C14H23NO2. The Morgan fingerprint density at radius 3 is 2.76 bits per heavy atom. The molecule has 0 radical (unpaired) electrons. The van der Waals surface area contributed by atoms with Crippen molar-refractivity contribution >= 4 is 0 Å². The van der Waals surface area contributed by atoms with Crippen molar-refractivity contribution in [2.45, 2.75) is 26.3 Å². The summed E-state index contributed by atoms with van der Waals surface area (Å²) < 4.78 is 10.7. The van der Waals surface area contributed by atoms with Crippen LogP contribution in [0.1, 0.15) is 25.3 Å². The van der Waals surface area contributed by atoms with Crippen LogP contribution in [-0.2, 0) is 11.3 Å². The molecule has 0 fully saturated rings. The number of hydrogen-bond donors (Lipinski definition) is 1. The Morgan fingerprint density at radius 2 is 2.00 bits per heavy atom. The minimum atomic E-state index is 0.707. The minimum Gasteiger partial charge on any atom is -0.493 e. The summed E-state index contributed by atoms with van der Waals surface area (Å²) >= 11 is 0. The zero-order chi connectivity index (χ0) is 12.3. The lowest BCUT2D eigenvalue weighted by Gasteiger charge is -2.11. The quantitative estimate of drug-likeness (QED) is 0.670. The summed E-state index contributed by atoms with van der Waals surface area (Å²) in [4.78, 5) is 0. The SMILES string of the molecule is CCCNCc1ccccc1OCCCOC. The number of nitrogens with one attached hydrogen (secondary N) is 1. The standard InChI is InChI=1S/C14H23NO2/c1-3-9-15-12-13-7-4-5-8-14(13)17-11-6-10-16-2/h4-5,7-8,15H,3,6,9-12H2,1-2H3. The van der Waals surface area contributed by atoms with E-state index in [0.29, 0.717) is 6.61 Å². The van der Waals surface area contributed by atoms with Crippen LogP contribution in [0.25, 0.3) is 0 Å². The Hall–Kier alpha value is -1.06. The van der Waals surface area contributed by atoms with E-state index >= 15 is 0 Å². The molecule has 0 spiro atoms. The molecule has 1 aromatic rings. The van der Waals surface area contributed by atoms with Gasteiger partial charge in [0, 0.05) is 32.2 Å². The van der Waals surface area contributed by atoms with Gasteiger partial charge in [0.05, 0.1) is 6.61 Å². The third-order valence-corrected chi connectivity index (χ3v) is 2.47. The van der Waals surface area contributed by atoms with Crippen molar-refractivity contribution in [1.29, 1.82) is 0 Å². The van der Waals surface area contributed by atoms with Crippen LogP contribution in [0.3, 0.4) is 0 Å². The minimum absolute atomic E-state index is 0.707. The number of para-hydroxylation sites is 1. The van der Waals surface area contributed by atoms with Gasteiger partial charge in [0.15, 0.2) is 0 Å². The van der Waals surface area contributed by atoms with Crippen molar-refractivity contribution in [2.24, 2.45) is 0 Å². The first-order valence-corrected chi connectivity index (χ1v) is 6.28. The first kappa shape index (κ1) is 14.0. The molecule has 0 aliphatic rings. The van der Waals surface area contributed by atoms with E-state index in [4.69, 9.17) is 9.47 Å². The van der Waals surface area contributed by atoms with E-state index in [1.54, 1.807) is 7.11 Å². The van der Waals surface area contributed by atoms with Crippen LogP contribution in [0, 0.1) is 0 Å². The van der Waals surface area contributed by atoms with Gasteiger partial charge in [-0.3, -0.25) is 0 Å². The molecule has 3 nitrogen and oxygen atoms in total. The summed E-state index contributed by atoms with van der Waals surface area (Å²) in [6.07, 6.45) is 2.07. The highest BCUT2D eigenvalue weighted by Crippen LogP contribution is 2.17. The second kappa shape index (κ2) is 9.02. The van der Waals surface area contributed by atoms with Crippen molar-refractivity contribution in [3.8, 4) is 5.75 Å². The monoisotopic (exact) mass is 237 g/mol. The fourth-order valence-electron chi connectivity index (χ4n) is 1.58. The average molecular weight is 237 g/mol. The predicted molar refractivity (Wildman–Crippen MR) is 70.4 cm³/mol. The lowest BCUT2D eigenvalue weighted by molar-refractivity contribution is 0.171. The van der Waals surface area contributed by atoms with Gasteiger partial charge in [-0.05, 0) is 19.0 Å². The molecule has 0 amide bonds. The Kier molecular flexibility index (Phi) is 7.43. The van der Waals surface area contributed by atoms with Gasteiger partial charge in [-0.15, -0.1) is 0 Å². The van der Waals surface area contributed by atoms with Gasteiger partial charge in [-0.2, -0.15) is 0 Å². The van der Waals surface area contributed by atoms with Gasteiger partial charge in [0.25, 0.3) is 0 Å². The molecule has 1 rings (SSSR count). The molecule has 0 saturated heterocycles. The van der Waals surface area contributed by atoms with Crippen molar-refractivity contribution in [2.75, 3.05) is 26.9 Å². The molecule has 1 N–H and O–H groups in total. The van der Waals surface area contributed by atoms with Crippen LogP contribution >= 0.6 is 0 Å². The first-order valence-electron chi connectivity index (χ1n) is 6.28. The number of ether oxygens (including phenoxy) is 2. The zero-order valence-corrected chi connectivity index (χ0v) is 10.9. The lowest BCUT2D eigenvalue weighted by Crippen LogP contribution is -2.15. The third kappa shape index (κ3) is 5.71. The van der Waals surface area contributed by atoms with E-state index in [0.717, 1.165) is 38.3 Å². The van der Waals surface area contributed by atoms with Crippen molar-refractivity contribution < 1.29 is 9.47 Å². The van der Waals surface area contributed by atoms with Crippen LogP contribution < -0.4 is 10.1 Å². The molecule has 0 aliphatic heterocycles. The third-order valence-electron chi connectivity index (χ3n) is 2.47. The summed E-state index contributed by atoms with van der Waals surface area (Å²) in [6, 6.07) is 8.18. The van der Waals surface area contributed by atoms with Crippen LogP contribution in [0.5, 0.6) is 5.75 Å². The second-order valence-electron chi connectivity index (χ2n) is 3.98.